The largest absolute Gasteiger partial charge is 0.356 e. The summed E-state index contributed by atoms with van der Waals surface area (Å²) in [5.41, 5.74) is 10.8. The Kier molecular flexibility index (Phi) is 19.7. The molecule has 1 aromatic carbocycles. The third-order valence-corrected chi connectivity index (χ3v) is 8.34. The van der Waals surface area contributed by atoms with Crippen molar-refractivity contribution in [1.82, 2.24) is 10.2 Å². The van der Waals surface area contributed by atoms with Gasteiger partial charge in [-0.2, -0.15) is 5.26 Å². The number of nitrogens with two attached hydrogens (primary N) is 1. The molecule has 2 aliphatic rings. The van der Waals surface area contributed by atoms with Gasteiger partial charge in [0.25, 0.3) is 0 Å². The van der Waals surface area contributed by atoms with Crippen LogP contribution in [-0.2, 0) is 14.4 Å². The van der Waals surface area contributed by atoms with Crippen molar-refractivity contribution in [3.63, 3.8) is 0 Å². The van der Waals surface area contributed by atoms with E-state index in [-0.39, 0.29) is 22.7 Å². The van der Waals surface area contributed by atoms with Crippen molar-refractivity contribution in [2.75, 3.05) is 25.1 Å². The van der Waals surface area contributed by atoms with Gasteiger partial charge in [0.2, 0.25) is 11.8 Å². The fourth-order valence-electron chi connectivity index (χ4n) is 4.42. The fourth-order valence-corrected chi connectivity index (χ4v) is 4.42. The monoisotopic (exact) mass is 601 g/mol. The van der Waals surface area contributed by atoms with Crippen LogP contribution in [0.5, 0.6) is 0 Å². The summed E-state index contributed by atoms with van der Waals surface area (Å²) in [4.78, 5) is 33.0. The van der Waals surface area contributed by atoms with Gasteiger partial charge in [0.1, 0.15) is 6.29 Å². The molecule has 2 saturated heterocycles. The lowest BCUT2D eigenvalue weighted by Crippen LogP contribution is -2.32. The van der Waals surface area contributed by atoms with Crippen LogP contribution in [0.1, 0.15) is 116 Å². The molecule has 3 rings (SSSR count). The van der Waals surface area contributed by atoms with E-state index >= 15 is 0 Å². The molecule has 2 unspecified atom stereocenters. The number of benzene rings is 1. The second kappa shape index (κ2) is 20.1. The van der Waals surface area contributed by atoms with E-state index in [9.17, 15) is 9.59 Å². The highest BCUT2D eigenvalue weighted by Gasteiger charge is 2.38. The van der Waals surface area contributed by atoms with Gasteiger partial charge in [-0.15, -0.1) is 0 Å². The van der Waals surface area contributed by atoms with Gasteiger partial charge in [0.05, 0.1) is 11.8 Å². The van der Waals surface area contributed by atoms with Crippen LogP contribution in [0.4, 0.5) is 5.69 Å². The van der Waals surface area contributed by atoms with Crippen molar-refractivity contribution in [2.24, 2.45) is 28.5 Å². The fraction of sp³-hybridized carbons (Fsp3) is 0.714. The lowest BCUT2D eigenvalue weighted by molar-refractivity contribution is -0.132. The molecule has 2 aliphatic heterocycles. The summed E-state index contributed by atoms with van der Waals surface area (Å²) in [5.74, 6) is 6.87. The van der Waals surface area contributed by atoms with Crippen LogP contribution >= 0.6 is 0 Å². The number of nitriles is 1. The first-order chi connectivity index (χ1) is 19.7. The number of hydrazine groups is 1. The van der Waals surface area contributed by atoms with E-state index in [4.69, 9.17) is 15.9 Å². The lowest BCUT2D eigenvalue weighted by atomic mass is 9.84. The molecule has 4 N–H and O–H groups in total. The highest BCUT2D eigenvalue weighted by Crippen LogP contribution is 2.35. The van der Waals surface area contributed by atoms with Crippen molar-refractivity contribution < 1.29 is 14.4 Å². The van der Waals surface area contributed by atoms with E-state index in [1.807, 2.05) is 18.7 Å². The molecule has 8 heteroatoms. The van der Waals surface area contributed by atoms with Crippen molar-refractivity contribution >= 4 is 23.8 Å². The molecule has 0 radical (unpaired) electrons. The third-order valence-electron chi connectivity index (χ3n) is 8.34. The predicted molar refractivity (Wildman–Crippen MR) is 181 cm³/mol. The van der Waals surface area contributed by atoms with Crippen molar-refractivity contribution in [2.45, 2.75) is 123 Å². The van der Waals surface area contributed by atoms with Crippen LogP contribution in [0, 0.1) is 68.6 Å². The first-order valence-electron chi connectivity index (χ1n) is 15.6. The Bertz CT molecular complexity index is 1030. The summed E-state index contributed by atoms with van der Waals surface area (Å²) < 4.78 is 0. The first-order valence-corrected chi connectivity index (χ1v) is 15.6. The Hall–Kier alpha value is -2.92. The molecule has 0 spiro atoms. The summed E-state index contributed by atoms with van der Waals surface area (Å²) in [7, 11) is 0. The van der Waals surface area contributed by atoms with Gasteiger partial charge in [-0.1, -0.05) is 48.5 Å². The molecule has 2 fully saturated rings. The molecule has 8 nitrogen and oxygen atoms in total. The number of likely N-dealkylation sites (tertiary alicyclic amines) is 1. The Labute approximate surface area is 263 Å². The average Bonchev–Trinajstić information content (AvgIpc) is 3.52. The van der Waals surface area contributed by atoms with Crippen LogP contribution in [0.25, 0.3) is 0 Å². The Balaban J connectivity index is 0. The zero-order valence-corrected chi connectivity index (χ0v) is 29.9. The number of hydrogen-bond acceptors (Lipinski definition) is 6. The number of aldehydes is 1. The van der Waals surface area contributed by atoms with E-state index in [1.165, 1.54) is 34.7 Å². The maximum absolute atomic E-state index is 12.0. The standard InChI is InChI=1S/C13H25NO.C11H18N2.C5H9N.C4H7NO.C2H4O/c1-10-8-14(9-13(10,5)6)11(15)7-12(2,3)4;1-6-7(2)9(4)11(13-12)10(5)8(6)3;1-3-5(2)4-6;6-4-2-1-3-5-4;1-2-3/h10H,7-9H2,1-6H3;13H,12H2,1-5H3;5H,3H2,1-2H3;1-3H2,(H,5,6);2H,1H3. The van der Waals surface area contributed by atoms with E-state index in [0.29, 0.717) is 18.2 Å². The van der Waals surface area contributed by atoms with Gasteiger partial charge in [0.15, 0.2) is 0 Å². The number of nitrogens with one attached hydrogen (secondary N) is 2. The number of nitrogen functional groups attached to an aromatic ring is 1. The minimum Gasteiger partial charge on any atom is -0.356 e. The molecule has 0 aromatic heterocycles. The molecule has 2 heterocycles. The maximum atomic E-state index is 12.0. The van der Waals surface area contributed by atoms with Crippen molar-refractivity contribution in [1.29, 1.82) is 5.26 Å². The summed E-state index contributed by atoms with van der Waals surface area (Å²) in [5, 5.41) is 10.8. The number of nitrogens with zero attached hydrogens (tertiary/aromatic N) is 2. The van der Waals surface area contributed by atoms with Gasteiger partial charge in [0, 0.05) is 38.4 Å². The summed E-state index contributed by atoms with van der Waals surface area (Å²) >= 11 is 0. The highest BCUT2D eigenvalue weighted by molar-refractivity contribution is 5.77. The average molecular weight is 602 g/mol. The van der Waals surface area contributed by atoms with Crippen LogP contribution in [-0.4, -0.2) is 42.6 Å². The number of carbonyl (C=O) groups excluding carboxylic acids is 3. The first kappa shape index (κ1) is 42.2. The van der Waals surface area contributed by atoms with Gasteiger partial charge in [-0.25, -0.2) is 0 Å². The van der Waals surface area contributed by atoms with E-state index < -0.39 is 0 Å². The highest BCUT2D eigenvalue weighted by atomic mass is 16.2. The molecule has 43 heavy (non-hydrogen) atoms. The molecule has 1 aromatic rings. The SMILES string of the molecule is CC1CN(C(=O)CC(C)(C)C)CC1(C)C.CC=O.CCC(C)C#N.Cc1c(C)c(C)c(NN)c(C)c1C.O=C1CCCN1. The Morgan fingerprint density at radius 1 is 1.14 bits per heavy atom. The van der Waals surface area contributed by atoms with Crippen LogP contribution in [0.2, 0.25) is 0 Å². The minimum atomic E-state index is 0.104. The zero-order chi connectivity index (χ0) is 34.1. The lowest BCUT2D eigenvalue weighted by Gasteiger charge is -2.24. The number of rotatable bonds is 3. The number of amides is 2. The number of anilines is 1. The van der Waals surface area contributed by atoms with Gasteiger partial charge >= 0.3 is 0 Å². The molecule has 0 saturated carbocycles. The molecule has 246 valence electrons. The summed E-state index contributed by atoms with van der Waals surface area (Å²) in [6.45, 7) is 31.8. The minimum absolute atomic E-state index is 0.104. The van der Waals surface area contributed by atoms with Crippen LogP contribution < -0.4 is 16.6 Å². The normalized spacial score (nSPS) is 17.1. The summed E-state index contributed by atoms with van der Waals surface area (Å²) in [6.07, 6.45) is 4.14. The molecular weight excluding hydrogens is 538 g/mol. The maximum Gasteiger partial charge on any atom is 0.223 e. The molecule has 0 aliphatic carbocycles. The van der Waals surface area contributed by atoms with E-state index in [0.717, 1.165) is 50.9 Å². The second-order valence-corrected chi connectivity index (χ2v) is 13.7. The van der Waals surface area contributed by atoms with E-state index in [2.05, 4.69) is 93.0 Å². The smallest absolute Gasteiger partial charge is 0.223 e. The quantitative estimate of drug-likeness (QED) is 0.193. The second-order valence-electron chi connectivity index (χ2n) is 13.7. The van der Waals surface area contributed by atoms with Gasteiger partial charge in [-0.3, -0.25) is 15.4 Å². The molecular formula is C35H63N5O3. The van der Waals surface area contributed by atoms with Crippen molar-refractivity contribution in [3.05, 3.63) is 27.8 Å². The summed E-state index contributed by atoms with van der Waals surface area (Å²) in [6, 6.07) is 2.11. The predicted octanol–water partition coefficient (Wildman–Crippen LogP) is 7.10. The molecule has 2 amide bonds. The van der Waals surface area contributed by atoms with Gasteiger partial charge in [-0.05, 0) is 106 Å². The van der Waals surface area contributed by atoms with Crippen molar-refractivity contribution in [3.8, 4) is 6.07 Å². The zero-order valence-electron chi connectivity index (χ0n) is 29.9. The number of carbonyl (C=O) groups is 3. The molecule has 0 bridgehead atoms. The Morgan fingerprint density at radius 3 is 1.84 bits per heavy atom. The Morgan fingerprint density at radius 2 is 1.60 bits per heavy atom. The third kappa shape index (κ3) is 15.9. The van der Waals surface area contributed by atoms with Crippen LogP contribution in [0.3, 0.4) is 0 Å². The van der Waals surface area contributed by atoms with Gasteiger partial charge < -0.3 is 20.4 Å². The number of hydrogen-bond donors (Lipinski definition) is 3. The van der Waals surface area contributed by atoms with E-state index in [1.54, 1.807) is 0 Å². The topological polar surface area (TPSA) is 128 Å². The van der Waals surface area contributed by atoms with Crippen LogP contribution in [0.15, 0.2) is 0 Å². The molecule has 2 atom stereocenters.